The van der Waals surface area contributed by atoms with Gasteiger partial charge in [-0.25, -0.2) is 0 Å². The van der Waals surface area contributed by atoms with Crippen LogP contribution in [0, 0.1) is 6.92 Å². The number of para-hydroxylation sites is 1. The van der Waals surface area contributed by atoms with Crippen LogP contribution in [0.1, 0.15) is 41.5 Å². The molecule has 0 fully saturated rings. The number of nitrogens with zero attached hydrogens (tertiary/aromatic N) is 1. The maximum Gasteiger partial charge on any atom is 0.238 e. The van der Waals surface area contributed by atoms with Crippen LogP contribution >= 0.6 is 11.3 Å². The van der Waals surface area contributed by atoms with Crippen LogP contribution in [-0.4, -0.2) is 23.9 Å². The Kier molecular flexibility index (Phi) is 4.83. The minimum absolute atomic E-state index is 0.0829. The molecular formula is C19H24N2OS. The molecule has 0 unspecified atom stereocenters. The molecule has 0 aliphatic carbocycles. The van der Waals surface area contributed by atoms with Gasteiger partial charge in [0.1, 0.15) is 0 Å². The molecule has 3 nitrogen and oxygen atoms in total. The largest absolute Gasteiger partial charge is 0.324 e. The summed E-state index contributed by atoms with van der Waals surface area (Å²) in [6.45, 7) is 7.78. The number of fused-ring (bicyclic) bond motifs is 1. The molecule has 1 aromatic carbocycles. The summed E-state index contributed by atoms with van der Waals surface area (Å²) in [5.74, 6) is 0.0829. The third-order valence-electron chi connectivity index (χ3n) is 4.75. The molecule has 3 rings (SSSR count). The van der Waals surface area contributed by atoms with Gasteiger partial charge in [0.15, 0.2) is 0 Å². The number of amides is 1. The molecule has 23 heavy (non-hydrogen) atoms. The second-order valence-electron chi connectivity index (χ2n) is 6.21. The average Bonchev–Trinajstić information content (AvgIpc) is 3.01. The van der Waals surface area contributed by atoms with Crippen LogP contribution in [-0.2, 0) is 17.6 Å². The van der Waals surface area contributed by atoms with Gasteiger partial charge in [-0.3, -0.25) is 9.69 Å². The van der Waals surface area contributed by atoms with Gasteiger partial charge < -0.3 is 5.32 Å². The van der Waals surface area contributed by atoms with Crippen molar-refractivity contribution in [2.24, 2.45) is 0 Å². The fourth-order valence-corrected chi connectivity index (χ4v) is 4.31. The molecule has 2 aromatic rings. The van der Waals surface area contributed by atoms with E-state index in [9.17, 15) is 4.79 Å². The number of hydrogen-bond acceptors (Lipinski definition) is 3. The Hall–Kier alpha value is -1.65. The van der Waals surface area contributed by atoms with Gasteiger partial charge in [-0.15, -0.1) is 11.3 Å². The summed E-state index contributed by atoms with van der Waals surface area (Å²) < 4.78 is 0. The number of rotatable bonds is 4. The summed E-state index contributed by atoms with van der Waals surface area (Å²) in [6, 6.07) is 8.71. The topological polar surface area (TPSA) is 32.3 Å². The van der Waals surface area contributed by atoms with Crippen LogP contribution in [0.15, 0.2) is 29.6 Å². The summed E-state index contributed by atoms with van der Waals surface area (Å²) in [4.78, 5) is 16.3. The van der Waals surface area contributed by atoms with E-state index in [4.69, 9.17) is 0 Å². The summed E-state index contributed by atoms with van der Waals surface area (Å²) in [7, 11) is 0. The molecule has 1 amide bonds. The van der Waals surface area contributed by atoms with Gasteiger partial charge >= 0.3 is 0 Å². The normalized spacial score (nSPS) is 17.8. The van der Waals surface area contributed by atoms with Crippen molar-refractivity contribution in [3.8, 4) is 0 Å². The lowest BCUT2D eigenvalue weighted by Gasteiger charge is -2.33. The number of hydrogen-bond donors (Lipinski definition) is 1. The van der Waals surface area contributed by atoms with Crippen LogP contribution in [0.2, 0.25) is 0 Å². The van der Waals surface area contributed by atoms with Crippen LogP contribution in [0.4, 0.5) is 5.69 Å². The fraction of sp³-hybridized carbons (Fsp3) is 0.421. The zero-order valence-electron chi connectivity index (χ0n) is 14.1. The molecule has 1 aliphatic heterocycles. The zero-order valence-corrected chi connectivity index (χ0v) is 14.9. The van der Waals surface area contributed by atoms with Crippen molar-refractivity contribution >= 4 is 22.9 Å². The Morgan fingerprint density at radius 3 is 3.00 bits per heavy atom. The van der Waals surface area contributed by atoms with Gasteiger partial charge in [-0.2, -0.15) is 0 Å². The first kappa shape index (κ1) is 16.2. The Labute approximate surface area is 142 Å². The molecule has 1 aromatic heterocycles. The van der Waals surface area contributed by atoms with Crippen LogP contribution < -0.4 is 5.32 Å². The van der Waals surface area contributed by atoms with E-state index in [1.165, 1.54) is 16.0 Å². The van der Waals surface area contributed by atoms with E-state index < -0.39 is 0 Å². The zero-order chi connectivity index (χ0) is 16.4. The van der Waals surface area contributed by atoms with E-state index in [0.29, 0.717) is 12.6 Å². The predicted octanol–water partition coefficient (Wildman–Crippen LogP) is 4.18. The first-order valence-electron chi connectivity index (χ1n) is 8.28. The predicted molar refractivity (Wildman–Crippen MR) is 97.2 cm³/mol. The Balaban J connectivity index is 1.69. The van der Waals surface area contributed by atoms with E-state index in [2.05, 4.69) is 60.6 Å². The number of thiophene rings is 1. The van der Waals surface area contributed by atoms with Crippen molar-refractivity contribution in [3.05, 3.63) is 51.2 Å². The first-order valence-corrected chi connectivity index (χ1v) is 9.16. The molecule has 1 aliphatic rings. The molecule has 0 saturated carbocycles. The monoisotopic (exact) mass is 328 g/mol. The standard InChI is InChI=1S/C19H24N2OS/c1-4-15-7-5-6-13(2)19(15)20-18(22)12-21-10-8-17-16(14(21)3)9-11-23-17/h5-7,9,11,14H,4,8,10,12H2,1-3H3,(H,20,22)/t14-/m1/s1. The van der Waals surface area contributed by atoms with Gasteiger partial charge in [0, 0.05) is 23.2 Å². The highest BCUT2D eigenvalue weighted by Gasteiger charge is 2.26. The average molecular weight is 328 g/mol. The molecule has 0 saturated heterocycles. The molecule has 0 radical (unpaired) electrons. The molecule has 1 atom stereocenters. The smallest absolute Gasteiger partial charge is 0.238 e. The van der Waals surface area contributed by atoms with Crippen LogP contribution in [0.5, 0.6) is 0 Å². The summed E-state index contributed by atoms with van der Waals surface area (Å²) in [5, 5.41) is 5.30. The molecule has 4 heteroatoms. The van der Waals surface area contributed by atoms with Gasteiger partial charge in [-0.1, -0.05) is 25.1 Å². The second-order valence-corrected chi connectivity index (χ2v) is 7.21. The number of benzene rings is 1. The SMILES string of the molecule is CCc1cccc(C)c1NC(=O)CN1CCc2sccc2[C@H]1C. The molecule has 2 heterocycles. The summed E-state index contributed by atoms with van der Waals surface area (Å²) in [6.07, 6.45) is 1.98. The minimum atomic E-state index is 0.0829. The quantitative estimate of drug-likeness (QED) is 0.913. The van der Waals surface area contributed by atoms with E-state index >= 15 is 0 Å². The van der Waals surface area contributed by atoms with E-state index in [0.717, 1.165) is 30.6 Å². The molecule has 122 valence electrons. The highest BCUT2D eigenvalue weighted by molar-refractivity contribution is 7.10. The fourth-order valence-electron chi connectivity index (χ4n) is 3.34. The molecule has 0 spiro atoms. The summed E-state index contributed by atoms with van der Waals surface area (Å²) >= 11 is 1.83. The van der Waals surface area contributed by atoms with E-state index in [1.807, 2.05) is 11.3 Å². The highest BCUT2D eigenvalue weighted by Crippen LogP contribution is 2.32. The van der Waals surface area contributed by atoms with Gasteiger partial charge in [0.25, 0.3) is 0 Å². The number of nitrogens with one attached hydrogen (secondary N) is 1. The minimum Gasteiger partial charge on any atom is -0.324 e. The third kappa shape index (κ3) is 3.33. The second kappa shape index (κ2) is 6.85. The van der Waals surface area contributed by atoms with Crippen molar-refractivity contribution in [3.63, 3.8) is 0 Å². The van der Waals surface area contributed by atoms with Crippen LogP contribution in [0.25, 0.3) is 0 Å². The number of aryl methyl sites for hydroxylation is 2. The van der Waals surface area contributed by atoms with Gasteiger partial charge in [0.05, 0.1) is 6.54 Å². The lowest BCUT2D eigenvalue weighted by molar-refractivity contribution is -0.117. The van der Waals surface area contributed by atoms with Crippen LogP contribution in [0.3, 0.4) is 0 Å². The highest BCUT2D eigenvalue weighted by atomic mass is 32.1. The lowest BCUT2D eigenvalue weighted by atomic mass is 10.0. The number of carbonyl (C=O) groups excluding carboxylic acids is 1. The van der Waals surface area contributed by atoms with Crippen molar-refractivity contribution in [2.75, 3.05) is 18.4 Å². The first-order chi connectivity index (χ1) is 11.1. The molecule has 1 N–H and O–H groups in total. The van der Waals surface area contributed by atoms with Crippen molar-refractivity contribution in [1.29, 1.82) is 0 Å². The van der Waals surface area contributed by atoms with Crippen molar-refractivity contribution in [2.45, 2.75) is 39.7 Å². The Bertz CT molecular complexity index is 707. The Morgan fingerprint density at radius 1 is 1.39 bits per heavy atom. The maximum atomic E-state index is 12.5. The van der Waals surface area contributed by atoms with Crippen molar-refractivity contribution in [1.82, 2.24) is 4.90 Å². The number of anilines is 1. The third-order valence-corrected chi connectivity index (χ3v) is 5.75. The molecule has 0 bridgehead atoms. The maximum absolute atomic E-state index is 12.5. The number of carbonyl (C=O) groups is 1. The van der Waals surface area contributed by atoms with E-state index in [-0.39, 0.29) is 5.91 Å². The van der Waals surface area contributed by atoms with Gasteiger partial charge in [0.2, 0.25) is 5.91 Å². The Morgan fingerprint density at radius 2 is 2.22 bits per heavy atom. The lowest BCUT2D eigenvalue weighted by Crippen LogP contribution is -2.39. The van der Waals surface area contributed by atoms with E-state index in [1.54, 1.807) is 0 Å². The van der Waals surface area contributed by atoms with Gasteiger partial charge in [-0.05, 0) is 54.8 Å². The molecular weight excluding hydrogens is 304 g/mol. The summed E-state index contributed by atoms with van der Waals surface area (Å²) in [5.41, 5.74) is 4.70. The van der Waals surface area contributed by atoms with Crippen molar-refractivity contribution < 1.29 is 4.79 Å².